The minimum absolute atomic E-state index is 0.149. The van der Waals surface area contributed by atoms with E-state index in [9.17, 15) is 8.42 Å². The molecule has 1 atom stereocenters. The van der Waals surface area contributed by atoms with Crippen LogP contribution in [0.4, 0.5) is 0 Å². The van der Waals surface area contributed by atoms with E-state index in [-0.39, 0.29) is 5.54 Å². The van der Waals surface area contributed by atoms with Crippen LogP contribution in [0.5, 0.6) is 0 Å². The molecule has 1 unspecified atom stereocenters. The van der Waals surface area contributed by atoms with Gasteiger partial charge in [0.15, 0.2) is 0 Å². The third kappa shape index (κ3) is 3.66. The second-order valence-electron chi connectivity index (χ2n) is 5.81. The fourth-order valence-corrected chi connectivity index (χ4v) is 3.99. The summed E-state index contributed by atoms with van der Waals surface area (Å²) in [6, 6.07) is 0. The van der Waals surface area contributed by atoms with Gasteiger partial charge < -0.3 is 10.5 Å². The van der Waals surface area contributed by atoms with Gasteiger partial charge >= 0.3 is 0 Å². The molecule has 2 rings (SSSR count). The number of piperidine rings is 1. The molecule has 0 bridgehead atoms. The third-order valence-electron chi connectivity index (χ3n) is 4.13. The van der Waals surface area contributed by atoms with Crippen LogP contribution in [0, 0.1) is 5.92 Å². The van der Waals surface area contributed by atoms with Crippen molar-refractivity contribution < 1.29 is 13.2 Å². The quantitative estimate of drug-likeness (QED) is 0.817. The highest BCUT2D eigenvalue weighted by Gasteiger charge is 2.34. The van der Waals surface area contributed by atoms with Gasteiger partial charge in [-0.2, -0.15) is 0 Å². The zero-order chi connectivity index (χ0) is 13.2. The fourth-order valence-electron chi connectivity index (χ4n) is 3.05. The normalized spacial score (nSPS) is 30.2. The Kier molecular flexibility index (Phi) is 4.31. The molecule has 0 aromatic carbocycles. The minimum Gasteiger partial charge on any atom is -0.381 e. The van der Waals surface area contributed by atoms with E-state index in [0.29, 0.717) is 19.0 Å². The SMILES string of the molecule is CS(=O)(=O)N1CCCC(CC2(N)CCOCC2)C1. The summed E-state index contributed by atoms with van der Waals surface area (Å²) >= 11 is 0. The Morgan fingerprint density at radius 2 is 2.06 bits per heavy atom. The maximum atomic E-state index is 11.6. The molecule has 0 amide bonds. The summed E-state index contributed by atoms with van der Waals surface area (Å²) in [4.78, 5) is 0. The Hall–Kier alpha value is -0.170. The number of hydrogen-bond acceptors (Lipinski definition) is 4. The van der Waals surface area contributed by atoms with E-state index in [1.54, 1.807) is 4.31 Å². The predicted molar refractivity (Wildman–Crippen MR) is 70.7 cm³/mol. The molecule has 0 aliphatic carbocycles. The summed E-state index contributed by atoms with van der Waals surface area (Å²) in [7, 11) is -3.05. The van der Waals surface area contributed by atoms with E-state index < -0.39 is 10.0 Å². The first-order valence-corrected chi connectivity index (χ1v) is 8.56. The number of hydrogen-bond donors (Lipinski definition) is 1. The highest BCUT2D eigenvalue weighted by Crippen LogP contribution is 2.30. The molecular formula is C12H24N2O3S. The van der Waals surface area contributed by atoms with Crippen molar-refractivity contribution in [2.24, 2.45) is 11.7 Å². The first-order valence-electron chi connectivity index (χ1n) is 6.71. The maximum absolute atomic E-state index is 11.6. The lowest BCUT2D eigenvalue weighted by atomic mass is 9.80. The average Bonchev–Trinajstić information content (AvgIpc) is 2.28. The van der Waals surface area contributed by atoms with Gasteiger partial charge in [-0.3, -0.25) is 0 Å². The molecule has 0 aromatic rings. The molecular weight excluding hydrogens is 252 g/mol. The van der Waals surface area contributed by atoms with Crippen molar-refractivity contribution >= 4 is 10.0 Å². The van der Waals surface area contributed by atoms with Crippen LogP contribution < -0.4 is 5.73 Å². The van der Waals surface area contributed by atoms with Gasteiger partial charge in [0.1, 0.15) is 0 Å². The topological polar surface area (TPSA) is 72.6 Å². The maximum Gasteiger partial charge on any atom is 0.211 e. The van der Waals surface area contributed by atoms with Crippen LogP contribution in [0.3, 0.4) is 0 Å². The summed E-state index contributed by atoms with van der Waals surface area (Å²) in [5, 5.41) is 0. The molecule has 0 aromatic heterocycles. The number of ether oxygens (including phenoxy) is 1. The molecule has 2 heterocycles. The number of sulfonamides is 1. The van der Waals surface area contributed by atoms with Gasteiger partial charge in [-0.1, -0.05) is 0 Å². The van der Waals surface area contributed by atoms with Crippen molar-refractivity contribution in [3.63, 3.8) is 0 Å². The van der Waals surface area contributed by atoms with Gasteiger partial charge in [-0.15, -0.1) is 0 Å². The third-order valence-corrected chi connectivity index (χ3v) is 5.40. The average molecular weight is 276 g/mol. The van der Waals surface area contributed by atoms with Crippen LogP contribution in [-0.4, -0.2) is 50.8 Å². The molecule has 0 spiro atoms. The largest absolute Gasteiger partial charge is 0.381 e. The summed E-state index contributed by atoms with van der Waals surface area (Å²) in [5.74, 6) is 0.400. The van der Waals surface area contributed by atoms with E-state index >= 15 is 0 Å². The molecule has 18 heavy (non-hydrogen) atoms. The van der Waals surface area contributed by atoms with E-state index in [4.69, 9.17) is 10.5 Å². The summed E-state index contributed by atoms with van der Waals surface area (Å²) in [6.07, 6.45) is 6.03. The smallest absolute Gasteiger partial charge is 0.211 e. The second-order valence-corrected chi connectivity index (χ2v) is 7.79. The predicted octanol–water partition coefficient (Wildman–Crippen LogP) is 0.556. The van der Waals surface area contributed by atoms with Crippen LogP contribution in [-0.2, 0) is 14.8 Å². The number of rotatable bonds is 3. The monoisotopic (exact) mass is 276 g/mol. The fraction of sp³-hybridized carbons (Fsp3) is 1.00. The van der Waals surface area contributed by atoms with Crippen molar-refractivity contribution in [1.29, 1.82) is 0 Å². The van der Waals surface area contributed by atoms with E-state index in [2.05, 4.69) is 0 Å². The Balaban J connectivity index is 1.93. The lowest BCUT2D eigenvalue weighted by Crippen LogP contribution is -2.49. The van der Waals surface area contributed by atoms with Crippen molar-refractivity contribution in [2.45, 2.75) is 37.6 Å². The van der Waals surface area contributed by atoms with Gasteiger partial charge in [0.2, 0.25) is 10.0 Å². The standard InChI is InChI=1S/C12H24N2O3S/c1-18(15,16)14-6-2-3-11(10-14)9-12(13)4-7-17-8-5-12/h11H,2-10,13H2,1H3. The highest BCUT2D eigenvalue weighted by molar-refractivity contribution is 7.88. The summed E-state index contributed by atoms with van der Waals surface area (Å²) in [6.45, 7) is 2.77. The van der Waals surface area contributed by atoms with E-state index in [1.165, 1.54) is 6.26 Å². The van der Waals surface area contributed by atoms with Crippen molar-refractivity contribution in [3.05, 3.63) is 0 Å². The molecule has 0 radical (unpaired) electrons. The Morgan fingerprint density at radius 1 is 1.39 bits per heavy atom. The number of nitrogens with zero attached hydrogens (tertiary/aromatic N) is 1. The highest BCUT2D eigenvalue weighted by atomic mass is 32.2. The zero-order valence-electron chi connectivity index (χ0n) is 11.1. The van der Waals surface area contributed by atoms with Crippen molar-refractivity contribution in [2.75, 3.05) is 32.6 Å². The van der Waals surface area contributed by atoms with Crippen LogP contribution in [0.2, 0.25) is 0 Å². The van der Waals surface area contributed by atoms with Gasteiger partial charge in [-0.05, 0) is 38.0 Å². The summed E-state index contributed by atoms with van der Waals surface area (Å²) < 4.78 is 30.1. The van der Waals surface area contributed by atoms with Crippen LogP contribution in [0.25, 0.3) is 0 Å². The lowest BCUT2D eigenvalue weighted by Gasteiger charge is -2.39. The van der Waals surface area contributed by atoms with Gasteiger partial charge in [-0.25, -0.2) is 12.7 Å². The van der Waals surface area contributed by atoms with Crippen molar-refractivity contribution in [1.82, 2.24) is 4.31 Å². The molecule has 2 fully saturated rings. The van der Waals surface area contributed by atoms with Gasteiger partial charge in [0.25, 0.3) is 0 Å². The number of nitrogens with two attached hydrogens (primary N) is 1. The minimum atomic E-state index is -3.05. The molecule has 2 aliphatic rings. The van der Waals surface area contributed by atoms with Crippen molar-refractivity contribution in [3.8, 4) is 0 Å². The first-order chi connectivity index (χ1) is 8.39. The summed E-state index contributed by atoms with van der Waals surface area (Å²) in [5.41, 5.74) is 6.25. The molecule has 2 saturated heterocycles. The first kappa shape index (κ1) is 14.2. The Morgan fingerprint density at radius 3 is 2.67 bits per heavy atom. The molecule has 2 aliphatic heterocycles. The molecule has 6 heteroatoms. The molecule has 2 N–H and O–H groups in total. The second kappa shape index (κ2) is 5.45. The zero-order valence-corrected chi connectivity index (χ0v) is 11.9. The lowest BCUT2D eigenvalue weighted by molar-refractivity contribution is 0.0402. The van der Waals surface area contributed by atoms with E-state index in [1.807, 2.05) is 0 Å². The Bertz CT molecular complexity index is 377. The van der Waals surface area contributed by atoms with Crippen LogP contribution >= 0.6 is 0 Å². The van der Waals surface area contributed by atoms with Crippen LogP contribution in [0.15, 0.2) is 0 Å². The Labute approximate surface area is 110 Å². The molecule has 5 nitrogen and oxygen atoms in total. The van der Waals surface area contributed by atoms with Gasteiger partial charge in [0, 0.05) is 31.8 Å². The molecule has 0 saturated carbocycles. The molecule has 106 valence electrons. The van der Waals surface area contributed by atoms with Crippen LogP contribution in [0.1, 0.15) is 32.1 Å². The van der Waals surface area contributed by atoms with E-state index in [0.717, 1.165) is 45.3 Å². The van der Waals surface area contributed by atoms with Gasteiger partial charge in [0.05, 0.1) is 6.26 Å².